The zero-order valence-electron chi connectivity index (χ0n) is 15.7. The van der Waals surface area contributed by atoms with Crippen LogP contribution in [0.15, 0.2) is 52.3 Å². The molecule has 0 aliphatic heterocycles. The fourth-order valence-electron chi connectivity index (χ4n) is 3.19. The maximum Gasteiger partial charge on any atom is 0.226 e. The molecule has 0 aliphatic carbocycles. The summed E-state index contributed by atoms with van der Waals surface area (Å²) in [4.78, 5) is 20.3. The van der Waals surface area contributed by atoms with Crippen LogP contribution in [0.4, 0.5) is 0 Å². The molecule has 0 saturated carbocycles. The van der Waals surface area contributed by atoms with E-state index in [9.17, 15) is 4.79 Å². The van der Waals surface area contributed by atoms with Crippen LogP contribution in [0.2, 0.25) is 0 Å². The number of halogens is 1. The van der Waals surface area contributed by atoms with Gasteiger partial charge in [-0.25, -0.2) is 4.98 Å². The molecule has 2 heterocycles. The number of benzene rings is 2. The molecule has 4 nitrogen and oxygen atoms in total. The van der Waals surface area contributed by atoms with E-state index in [2.05, 4.69) is 57.2 Å². The van der Waals surface area contributed by atoms with E-state index >= 15 is 0 Å². The fourth-order valence-corrected chi connectivity index (χ4v) is 4.40. The summed E-state index contributed by atoms with van der Waals surface area (Å²) in [5.74, 6) is -0.0202. The van der Waals surface area contributed by atoms with Gasteiger partial charge in [0, 0.05) is 38.6 Å². The molecule has 2 N–H and O–H groups in total. The Labute approximate surface area is 176 Å². The minimum Gasteiger partial charge on any atom is -0.358 e. The van der Waals surface area contributed by atoms with E-state index in [1.807, 2.05) is 35.7 Å². The molecule has 28 heavy (non-hydrogen) atoms. The predicted molar refractivity (Wildman–Crippen MR) is 119 cm³/mol. The number of nitrogens with zero attached hydrogens (tertiary/aromatic N) is 1. The maximum atomic E-state index is 12.4. The monoisotopic (exact) mass is 453 g/mol. The number of nitrogens with one attached hydrogen (secondary N) is 2. The second-order valence-electron chi connectivity index (χ2n) is 6.86. The summed E-state index contributed by atoms with van der Waals surface area (Å²) >= 11 is 5.04. The van der Waals surface area contributed by atoms with Crippen LogP contribution < -0.4 is 5.32 Å². The molecule has 2 aromatic carbocycles. The first-order valence-electron chi connectivity index (χ1n) is 9.04. The van der Waals surface area contributed by atoms with Crippen molar-refractivity contribution in [3.63, 3.8) is 0 Å². The van der Waals surface area contributed by atoms with Crippen molar-refractivity contribution < 1.29 is 4.79 Å². The van der Waals surface area contributed by atoms with Crippen LogP contribution in [0.5, 0.6) is 0 Å². The number of aromatic nitrogens is 2. The Bertz CT molecular complexity index is 1160. The van der Waals surface area contributed by atoms with E-state index in [4.69, 9.17) is 0 Å². The van der Waals surface area contributed by atoms with Gasteiger partial charge in [-0.2, -0.15) is 0 Å². The number of rotatable bonds is 5. The first-order valence-corrected chi connectivity index (χ1v) is 10.7. The second-order valence-corrected chi connectivity index (χ2v) is 8.64. The lowest BCUT2D eigenvalue weighted by Crippen LogP contribution is -2.24. The number of hydrogen-bond donors (Lipinski definition) is 2. The van der Waals surface area contributed by atoms with Crippen molar-refractivity contribution in [1.29, 1.82) is 0 Å². The Morgan fingerprint density at radius 1 is 1.21 bits per heavy atom. The number of carbonyl (C=O) groups excluding carboxylic acids is 1. The highest BCUT2D eigenvalue weighted by Crippen LogP contribution is 2.26. The summed E-state index contributed by atoms with van der Waals surface area (Å²) in [6.45, 7) is 4.70. The molecule has 4 aromatic rings. The molecule has 2 aromatic heterocycles. The third-order valence-corrected chi connectivity index (χ3v) is 6.26. The van der Waals surface area contributed by atoms with E-state index in [1.54, 1.807) is 11.3 Å². The van der Waals surface area contributed by atoms with Gasteiger partial charge in [0.15, 0.2) is 0 Å². The van der Waals surface area contributed by atoms with Crippen LogP contribution in [-0.4, -0.2) is 15.9 Å². The van der Waals surface area contributed by atoms with Gasteiger partial charge in [-0.05, 0) is 49.2 Å². The Hall–Kier alpha value is -2.44. The van der Waals surface area contributed by atoms with E-state index in [0.29, 0.717) is 6.54 Å². The molecule has 0 fully saturated rings. The Balaban J connectivity index is 1.39. The Kier molecular flexibility index (Phi) is 5.33. The molecule has 0 aliphatic rings. The van der Waals surface area contributed by atoms with Gasteiger partial charge in [0.05, 0.1) is 12.1 Å². The lowest BCUT2D eigenvalue weighted by atomic mass is 10.1. The van der Waals surface area contributed by atoms with Crippen molar-refractivity contribution in [2.24, 2.45) is 0 Å². The van der Waals surface area contributed by atoms with E-state index in [0.717, 1.165) is 31.8 Å². The summed E-state index contributed by atoms with van der Waals surface area (Å²) in [6.07, 6.45) is 0.287. The Morgan fingerprint density at radius 2 is 2.07 bits per heavy atom. The first kappa shape index (κ1) is 18.9. The number of thiazole rings is 1. The van der Waals surface area contributed by atoms with Crippen LogP contribution in [0.1, 0.15) is 22.5 Å². The molecule has 142 valence electrons. The molecule has 0 atom stereocenters. The standard InChI is InChI=1S/C22H20BrN3OS/c1-13-14(2)25-20-7-6-15(8-19(13)20)11-24-21(27)10-18-12-28-22(26-18)16-4-3-5-17(23)9-16/h3-9,12,25H,10-11H2,1-2H3,(H,24,27). The lowest BCUT2D eigenvalue weighted by Gasteiger charge is -2.05. The zero-order chi connectivity index (χ0) is 19.7. The average Bonchev–Trinajstić information content (AvgIpc) is 3.25. The number of aromatic amines is 1. The highest BCUT2D eigenvalue weighted by atomic mass is 79.9. The number of carbonyl (C=O) groups is 1. The maximum absolute atomic E-state index is 12.4. The number of hydrogen-bond acceptors (Lipinski definition) is 3. The Morgan fingerprint density at radius 3 is 2.89 bits per heavy atom. The summed E-state index contributed by atoms with van der Waals surface area (Å²) < 4.78 is 1.02. The minimum atomic E-state index is -0.0202. The van der Waals surface area contributed by atoms with Crippen molar-refractivity contribution >= 4 is 44.1 Å². The van der Waals surface area contributed by atoms with Gasteiger partial charge in [-0.1, -0.05) is 34.1 Å². The van der Waals surface area contributed by atoms with Gasteiger partial charge >= 0.3 is 0 Å². The number of amides is 1. The van der Waals surface area contributed by atoms with Crippen molar-refractivity contribution in [1.82, 2.24) is 15.3 Å². The van der Waals surface area contributed by atoms with Crippen molar-refractivity contribution in [2.45, 2.75) is 26.8 Å². The number of aryl methyl sites for hydroxylation is 2. The van der Waals surface area contributed by atoms with Crippen LogP contribution in [0.25, 0.3) is 21.5 Å². The molecule has 4 rings (SSSR count). The second kappa shape index (κ2) is 7.89. The molecule has 0 spiro atoms. The smallest absolute Gasteiger partial charge is 0.226 e. The van der Waals surface area contributed by atoms with Gasteiger partial charge in [0.2, 0.25) is 5.91 Å². The molecular weight excluding hydrogens is 434 g/mol. The van der Waals surface area contributed by atoms with E-state index < -0.39 is 0 Å². The topological polar surface area (TPSA) is 57.8 Å². The molecule has 1 amide bonds. The fraction of sp³-hybridized carbons (Fsp3) is 0.182. The van der Waals surface area contributed by atoms with Gasteiger partial charge in [-0.3, -0.25) is 4.79 Å². The van der Waals surface area contributed by atoms with Crippen LogP contribution in [-0.2, 0) is 17.8 Å². The van der Waals surface area contributed by atoms with Gasteiger partial charge in [0.1, 0.15) is 5.01 Å². The lowest BCUT2D eigenvalue weighted by molar-refractivity contribution is -0.120. The van der Waals surface area contributed by atoms with Crippen LogP contribution in [0, 0.1) is 13.8 Å². The van der Waals surface area contributed by atoms with Gasteiger partial charge in [-0.15, -0.1) is 11.3 Å². The highest BCUT2D eigenvalue weighted by Gasteiger charge is 2.10. The summed E-state index contributed by atoms with van der Waals surface area (Å²) in [7, 11) is 0. The van der Waals surface area contributed by atoms with Crippen molar-refractivity contribution in [2.75, 3.05) is 0 Å². The van der Waals surface area contributed by atoms with Crippen LogP contribution in [0.3, 0.4) is 0 Å². The largest absolute Gasteiger partial charge is 0.358 e. The molecule has 0 bridgehead atoms. The summed E-state index contributed by atoms with van der Waals surface area (Å²) in [5.41, 5.74) is 6.51. The number of H-pyrrole nitrogens is 1. The van der Waals surface area contributed by atoms with Gasteiger partial charge < -0.3 is 10.3 Å². The first-order chi connectivity index (χ1) is 13.5. The van der Waals surface area contributed by atoms with Crippen LogP contribution >= 0.6 is 27.3 Å². The van der Waals surface area contributed by atoms with Crippen molar-refractivity contribution in [3.05, 3.63) is 74.8 Å². The summed E-state index contributed by atoms with van der Waals surface area (Å²) in [6, 6.07) is 14.3. The molecule has 6 heteroatoms. The predicted octanol–water partition coefficient (Wildman–Crippen LogP) is 5.53. The van der Waals surface area contributed by atoms with E-state index in [1.165, 1.54) is 16.6 Å². The quantitative estimate of drug-likeness (QED) is 0.417. The van der Waals surface area contributed by atoms with Crippen molar-refractivity contribution in [3.8, 4) is 10.6 Å². The van der Waals surface area contributed by atoms with Gasteiger partial charge in [0.25, 0.3) is 0 Å². The SMILES string of the molecule is Cc1[nH]c2ccc(CNC(=O)Cc3csc(-c4cccc(Br)c4)n3)cc2c1C. The highest BCUT2D eigenvalue weighted by molar-refractivity contribution is 9.10. The molecular formula is C22H20BrN3OS. The minimum absolute atomic E-state index is 0.0202. The third kappa shape index (κ3) is 4.03. The van der Waals surface area contributed by atoms with E-state index in [-0.39, 0.29) is 12.3 Å². The summed E-state index contributed by atoms with van der Waals surface area (Å²) in [5, 5.41) is 7.09. The normalized spacial score (nSPS) is 11.1. The zero-order valence-corrected chi connectivity index (χ0v) is 18.1. The average molecular weight is 454 g/mol. The molecule has 0 unspecified atom stereocenters. The molecule has 0 saturated heterocycles. The third-order valence-electron chi connectivity index (χ3n) is 4.83. The molecule has 0 radical (unpaired) electrons. The number of fused-ring (bicyclic) bond motifs is 1.